The van der Waals surface area contributed by atoms with Gasteiger partial charge >= 0.3 is 0 Å². The summed E-state index contributed by atoms with van der Waals surface area (Å²) in [6.07, 6.45) is 3.48. The Hall–Kier alpha value is -1.39. The summed E-state index contributed by atoms with van der Waals surface area (Å²) >= 11 is 0. The number of rotatable bonds is 6. The number of likely N-dealkylation sites (tertiary alicyclic amines) is 1. The second-order valence-electron chi connectivity index (χ2n) is 7.03. The van der Waals surface area contributed by atoms with Crippen molar-refractivity contribution in [2.45, 2.75) is 32.6 Å². The van der Waals surface area contributed by atoms with Crippen LogP contribution in [0.4, 0.5) is 0 Å². The molecule has 2 heterocycles. The number of ether oxygens (including phenoxy) is 1. The Morgan fingerprint density at radius 1 is 1.35 bits per heavy atom. The largest absolute Gasteiger partial charge is 0.396 e. The summed E-state index contributed by atoms with van der Waals surface area (Å²) < 4.78 is 5.49. The van der Waals surface area contributed by atoms with Crippen LogP contribution in [0.15, 0.2) is 24.3 Å². The number of nitrogens with zero attached hydrogens (tertiary/aromatic N) is 1. The molecular weight excluding hydrogens is 290 g/mol. The van der Waals surface area contributed by atoms with Crippen LogP contribution in [0.3, 0.4) is 0 Å². The Labute approximate surface area is 138 Å². The normalized spacial score (nSPS) is 26.5. The molecule has 1 aromatic carbocycles. The molecule has 4 heteroatoms. The van der Waals surface area contributed by atoms with E-state index in [4.69, 9.17) is 4.74 Å². The highest BCUT2D eigenvalue weighted by atomic mass is 16.5. The average molecular weight is 317 g/mol. The maximum Gasteiger partial charge on any atom is 0.222 e. The molecule has 0 spiro atoms. The number of hydrogen-bond acceptors (Lipinski definition) is 3. The molecule has 4 nitrogen and oxygen atoms in total. The van der Waals surface area contributed by atoms with Crippen LogP contribution in [0.25, 0.3) is 0 Å². The molecule has 0 aliphatic carbocycles. The molecule has 0 aromatic heterocycles. The Morgan fingerprint density at radius 2 is 2.09 bits per heavy atom. The molecular formula is C19H27NO3. The molecule has 0 radical (unpaired) electrons. The Kier molecular flexibility index (Phi) is 5.02. The van der Waals surface area contributed by atoms with Gasteiger partial charge < -0.3 is 14.7 Å². The van der Waals surface area contributed by atoms with Crippen LogP contribution in [0.1, 0.15) is 30.9 Å². The lowest BCUT2D eigenvalue weighted by molar-refractivity contribution is -0.131. The van der Waals surface area contributed by atoms with Crippen molar-refractivity contribution in [2.24, 2.45) is 11.3 Å². The van der Waals surface area contributed by atoms with Gasteiger partial charge in [0.25, 0.3) is 0 Å². The van der Waals surface area contributed by atoms with E-state index in [9.17, 15) is 9.90 Å². The standard InChI is InChI=1S/C19H27NO3/c1-2-15-6-8-16(9-7-15)4-3-5-18(22)20-10-17-11-23-14-19(17,12-20)13-21/h6-9,17,21H,2-5,10-14H2,1H3/t17-,19-/m0/s1. The quantitative estimate of drug-likeness (QED) is 0.873. The minimum Gasteiger partial charge on any atom is -0.396 e. The van der Waals surface area contributed by atoms with Crippen LogP contribution in [0.5, 0.6) is 0 Å². The van der Waals surface area contributed by atoms with E-state index in [2.05, 4.69) is 31.2 Å². The molecule has 1 N–H and O–H groups in total. The lowest BCUT2D eigenvalue weighted by Crippen LogP contribution is -2.36. The summed E-state index contributed by atoms with van der Waals surface area (Å²) in [5.41, 5.74) is 2.45. The first-order valence-corrected chi connectivity index (χ1v) is 8.71. The molecule has 0 saturated carbocycles. The zero-order valence-corrected chi connectivity index (χ0v) is 14.0. The molecule has 0 unspecified atom stereocenters. The molecule has 1 aromatic rings. The van der Waals surface area contributed by atoms with Gasteiger partial charge in [-0.2, -0.15) is 0 Å². The fraction of sp³-hybridized carbons (Fsp3) is 0.632. The van der Waals surface area contributed by atoms with Crippen molar-refractivity contribution in [3.63, 3.8) is 0 Å². The summed E-state index contributed by atoms with van der Waals surface area (Å²) in [6.45, 7) is 4.92. The van der Waals surface area contributed by atoms with Crippen LogP contribution < -0.4 is 0 Å². The topological polar surface area (TPSA) is 49.8 Å². The van der Waals surface area contributed by atoms with Gasteiger partial charge in [0.05, 0.1) is 19.8 Å². The van der Waals surface area contributed by atoms with Crippen molar-refractivity contribution in [1.29, 1.82) is 0 Å². The zero-order chi connectivity index (χ0) is 16.3. The summed E-state index contributed by atoms with van der Waals surface area (Å²) in [7, 11) is 0. The minimum absolute atomic E-state index is 0.116. The van der Waals surface area contributed by atoms with Crippen molar-refractivity contribution in [2.75, 3.05) is 32.9 Å². The zero-order valence-electron chi connectivity index (χ0n) is 14.0. The van der Waals surface area contributed by atoms with Crippen LogP contribution in [0.2, 0.25) is 0 Å². The van der Waals surface area contributed by atoms with Gasteiger partial charge in [0, 0.05) is 30.8 Å². The molecule has 3 rings (SSSR count). The Morgan fingerprint density at radius 3 is 2.74 bits per heavy atom. The first kappa shape index (κ1) is 16.5. The van der Waals surface area contributed by atoms with Gasteiger partial charge in [-0.05, 0) is 30.4 Å². The summed E-state index contributed by atoms with van der Waals surface area (Å²) in [4.78, 5) is 14.4. The maximum atomic E-state index is 12.4. The summed E-state index contributed by atoms with van der Waals surface area (Å²) in [6, 6.07) is 8.68. The van der Waals surface area contributed by atoms with E-state index in [0.29, 0.717) is 32.1 Å². The molecule has 2 aliphatic heterocycles. The maximum absolute atomic E-state index is 12.4. The monoisotopic (exact) mass is 317 g/mol. The average Bonchev–Trinajstić information content (AvgIpc) is 3.13. The number of aliphatic hydroxyl groups is 1. The highest BCUT2D eigenvalue weighted by Gasteiger charge is 2.51. The lowest BCUT2D eigenvalue weighted by Gasteiger charge is -2.24. The van der Waals surface area contributed by atoms with Crippen molar-refractivity contribution >= 4 is 5.91 Å². The van der Waals surface area contributed by atoms with Gasteiger partial charge in [0.15, 0.2) is 0 Å². The second kappa shape index (κ2) is 7.02. The number of aliphatic hydroxyl groups excluding tert-OH is 1. The number of carbonyl (C=O) groups excluding carboxylic acids is 1. The second-order valence-corrected chi connectivity index (χ2v) is 7.03. The Bertz CT molecular complexity index is 542. The molecule has 1 amide bonds. The van der Waals surface area contributed by atoms with E-state index in [1.165, 1.54) is 11.1 Å². The number of amides is 1. The Balaban J connectivity index is 1.46. The summed E-state index contributed by atoms with van der Waals surface area (Å²) in [5.74, 6) is 0.524. The molecule has 23 heavy (non-hydrogen) atoms. The van der Waals surface area contributed by atoms with Crippen molar-refractivity contribution in [1.82, 2.24) is 4.90 Å². The third kappa shape index (κ3) is 3.43. The van der Waals surface area contributed by atoms with Gasteiger partial charge in [-0.3, -0.25) is 4.79 Å². The molecule has 2 saturated heterocycles. The first-order valence-electron chi connectivity index (χ1n) is 8.71. The number of benzene rings is 1. The van der Waals surface area contributed by atoms with E-state index in [0.717, 1.165) is 25.8 Å². The SMILES string of the molecule is CCc1ccc(CCCC(=O)N2C[C@H]3COC[C@@]3(CO)C2)cc1. The van der Waals surface area contributed by atoms with Gasteiger partial charge in [-0.1, -0.05) is 31.2 Å². The van der Waals surface area contributed by atoms with E-state index in [-0.39, 0.29) is 17.9 Å². The van der Waals surface area contributed by atoms with E-state index >= 15 is 0 Å². The third-order valence-electron chi connectivity index (χ3n) is 5.48. The van der Waals surface area contributed by atoms with E-state index in [1.54, 1.807) is 0 Å². The van der Waals surface area contributed by atoms with Crippen LogP contribution in [0, 0.1) is 11.3 Å². The molecule has 126 valence electrons. The number of fused-ring (bicyclic) bond motifs is 1. The van der Waals surface area contributed by atoms with Gasteiger partial charge in [0.2, 0.25) is 5.91 Å². The fourth-order valence-electron chi connectivity index (χ4n) is 3.79. The van der Waals surface area contributed by atoms with Crippen LogP contribution >= 0.6 is 0 Å². The van der Waals surface area contributed by atoms with Gasteiger partial charge in [-0.25, -0.2) is 0 Å². The molecule has 2 aliphatic rings. The predicted molar refractivity (Wildman–Crippen MR) is 89.2 cm³/mol. The van der Waals surface area contributed by atoms with Crippen LogP contribution in [-0.4, -0.2) is 48.8 Å². The molecule has 0 bridgehead atoms. The van der Waals surface area contributed by atoms with Gasteiger partial charge in [-0.15, -0.1) is 0 Å². The number of aryl methyl sites for hydroxylation is 2. The van der Waals surface area contributed by atoms with Crippen LogP contribution in [-0.2, 0) is 22.4 Å². The number of hydrogen-bond donors (Lipinski definition) is 1. The predicted octanol–water partition coefficient (Wildman–Crippen LogP) is 2.04. The highest BCUT2D eigenvalue weighted by molar-refractivity contribution is 5.76. The van der Waals surface area contributed by atoms with Crippen molar-refractivity contribution in [3.05, 3.63) is 35.4 Å². The molecule has 2 atom stereocenters. The van der Waals surface area contributed by atoms with Crippen molar-refractivity contribution < 1.29 is 14.6 Å². The lowest BCUT2D eigenvalue weighted by atomic mass is 9.82. The number of carbonyl (C=O) groups is 1. The van der Waals surface area contributed by atoms with E-state index in [1.807, 2.05) is 4.90 Å². The van der Waals surface area contributed by atoms with Gasteiger partial charge in [0.1, 0.15) is 0 Å². The fourth-order valence-corrected chi connectivity index (χ4v) is 3.79. The first-order chi connectivity index (χ1) is 11.2. The molecule has 2 fully saturated rings. The highest BCUT2D eigenvalue weighted by Crippen LogP contribution is 2.41. The van der Waals surface area contributed by atoms with Crippen molar-refractivity contribution in [3.8, 4) is 0 Å². The summed E-state index contributed by atoms with van der Waals surface area (Å²) in [5, 5.41) is 9.68. The smallest absolute Gasteiger partial charge is 0.222 e. The van der Waals surface area contributed by atoms with E-state index < -0.39 is 0 Å². The third-order valence-corrected chi connectivity index (χ3v) is 5.48. The minimum atomic E-state index is -0.203.